The SMILES string of the molecule is COC(=O)C1CCCCN1C(=O)CN(C)S(C)(=O)=O. The number of piperidine rings is 1. The van der Waals surface area contributed by atoms with Crippen LogP contribution in [0.3, 0.4) is 0 Å². The van der Waals surface area contributed by atoms with Gasteiger partial charge in [-0.15, -0.1) is 0 Å². The summed E-state index contributed by atoms with van der Waals surface area (Å²) in [4.78, 5) is 25.1. The van der Waals surface area contributed by atoms with Crippen molar-refractivity contribution in [3.8, 4) is 0 Å². The minimum absolute atomic E-state index is 0.258. The molecule has 110 valence electrons. The van der Waals surface area contributed by atoms with Crippen LogP contribution in [0.4, 0.5) is 0 Å². The lowest BCUT2D eigenvalue weighted by molar-refractivity contribution is -0.154. The molecule has 0 aromatic heterocycles. The average Bonchev–Trinajstić information content (AvgIpc) is 2.36. The quantitative estimate of drug-likeness (QED) is 0.648. The van der Waals surface area contributed by atoms with E-state index in [-0.39, 0.29) is 12.5 Å². The second kappa shape index (κ2) is 6.33. The van der Waals surface area contributed by atoms with Gasteiger partial charge in [0.25, 0.3) is 0 Å². The molecule has 1 rings (SSSR count). The van der Waals surface area contributed by atoms with Crippen LogP contribution in [0.5, 0.6) is 0 Å². The van der Waals surface area contributed by atoms with E-state index < -0.39 is 22.0 Å². The maximum atomic E-state index is 12.1. The van der Waals surface area contributed by atoms with E-state index in [1.165, 1.54) is 19.1 Å². The summed E-state index contributed by atoms with van der Waals surface area (Å²) >= 11 is 0. The van der Waals surface area contributed by atoms with Crippen molar-refractivity contribution in [1.29, 1.82) is 0 Å². The van der Waals surface area contributed by atoms with Gasteiger partial charge in [0.1, 0.15) is 6.04 Å². The molecular formula is C11H20N2O5S. The van der Waals surface area contributed by atoms with Gasteiger partial charge in [0.15, 0.2) is 0 Å². The molecule has 1 aliphatic rings. The molecule has 0 bridgehead atoms. The molecule has 1 fully saturated rings. The van der Waals surface area contributed by atoms with Gasteiger partial charge in [-0.2, -0.15) is 4.31 Å². The molecule has 1 atom stereocenters. The van der Waals surface area contributed by atoms with Crippen LogP contribution in [0.2, 0.25) is 0 Å². The number of esters is 1. The third kappa shape index (κ3) is 4.17. The number of amides is 1. The van der Waals surface area contributed by atoms with Gasteiger partial charge in [0, 0.05) is 13.6 Å². The van der Waals surface area contributed by atoms with Crippen LogP contribution in [-0.2, 0) is 24.3 Å². The number of carbonyl (C=O) groups is 2. The van der Waals surface area contributed by atoms with Crippen LogP contribution in [0.1, 0.15) is 19.3 Å². The van der Waals surface area contributed by atoms with Crippen LogP contribution in [0.25, 0.3) is 0 Å². The number of rotatable bonds is 4. The van der Waals surface area contributed by atoms with Gasteiger partial charge in [0.05, 0.1) is 19.9 Å². The zero-order valence-corrected chi connectivity index (χ0v) is 12.3. The fourth-order valence-electron chi connectivity index (χ4n) is 2.01. The predicted octanol–water partition coefficient (Wildman–Crippen LogP) is -0.568. The number of ether oxygens (including phenoxy) is 1. The second-order valence-electron chi connectivity index (χ2n) is 4.64. The Morgan fingerprint density at radius 2 is 2.00 bits per heavy atom. The summed E-state index contributed by atoms with van der Waals surface area (Å²) in [6, 6.07) is -0.598. The van der Waals surface area contributed by atoms with E-state index in [4.69, 9.17) is 0 Å². The van der Waals surface area contributed by atoms with Crippen molar-refractivity contribution in [1.82, 2.24) is 9.21 Å². The number of sulfonamides is 1. The molecule has 0 N–H and O–H groups in total. The molecule has 1 heterocycles. The molecule has 0 aliphatic carbocycles. The first-order valence-corrected chi connectivity index (χ1v) is 7.91. The lowest BCUT2D eigenvalue weighted by Crippen LogP contribution is -2.51. The molecule has 0 spiro atoms. The van der Waals surface area contributed by atoms with E-state index in [1.807, 2.05) is 0 Å². The smallest absolute Gasteiger partial charge is 0.328 e. The van der Waals surface area contributed by atoms with Crippen molar-refractivity contribution in [3.05, 3.63) is 0 Å². The number of hydrogen-bond donors (Lipinski definition) is 0. The van der Waals surface area contributed by atoms with Crippen molar-refractivity contribution in [2.45, 2.75) is 25.3 Å². The lowest BCUT2D eigenvalue weighted by atomic mass is 10.0. The zero-order chi connectivity index (χ0) is 14.6. The van der Waals surface area contributed by atoms with Gasteiger partial charge in [-0.1, -0.05) is 0 Å². The number of likely N-dealkylation sites (tertiary alicyclic amines) is 1. The van der Waals surface area contributed by atoms with Gasteiger partial charge in [0.2, 0.25) is 15.9 Å². The van der Waals surface area contributed by atoms with Gasteiger partial charge in [-0.3, -0.25) is 4.79 Å². The van der Waals surface area contributed by atoms with E-state index in [0.717, 1.165) is 23.4 Å². The van der Waals surface area contributed by atoms with E-state index >= 15 is 0 Å². The summed E-state index contributed by atoms with van der Waals surface area (Å²) in [5, 5.41) is 0. The minimum atomic E-state index is -3.41. The number of carbonyl (C=O) groups excluding carboxylic acids is 2. The Morgan fingerprint density at radius 3 is 2.53 bits per heavy atom. The highest BCUT2D eigenvalue weighted by Gasteiger charge is 2.33. The summed E-state index contributed by atoms with van der Waals surface area (Å²) in [7, 11) is -0.793. The van der Waals surface area contributed by atoms with Crippen LogP contribution in [0, 0.1) is 0 Å². The first kappa shape index (κ1) is 15.9. The zero-order valence-electron chi connectivity index (χ0n) is 11.5. The van der Waals surface area contributed by atoms with Crippen molar-refractivity contribution in [2.24, 2.45) is 0 Å². The average molecular weight is 292 g/mol. The Morgan fingerprint density at radius 1 is 1.37 bits per heavy atom. The van der Waals surface area contributed by atoms with Crippen LogP contribution >= 0.6 is 0 Å². The highest BCUT2D eigenvalue weighted by Crippen LogP contribution is 2.18. The van der Waals surface area contributed by atoms with Crippen molar-refractivity contribution in [2.75, 3.05) is 33.5 Å². The Labute approximate surface area is 113 Å². The fraction of sp³-hybridized carbons (Fsp3) is 0.818. The van der Waals surface area contributed by atoms with Crippen LogP contribution in [0.15, 0.2) is 0 Å². The van der Waals surface area contributed by atoms with Gasteiger partial charge >= 0.3 is 5.97 Å². The number of likely N-dealkylation sites (N-methyl/N-ethyl adjacent to an activating group) is 1. The summed E-state index contributed by atoms with van der Waals surface area (Å²) in [6.07, 6.45) is 3.25. The maximum absolute atomic E-state index is 12.1. The third-order valence-corrected chi connectivity index (χ3v) is 4.48. The molecular weight excluding hydrogens is 272 g/mol. The number of methoxy groups -OCH3 is 1. The highest BCUT2D eigenvalue weighted by molar-refractivity contribution is 7.88. The summed E-state index contributed by atoms with van der Waals surface area (Å²) in [5.74, 6) is -0.821. The van der Waals surface area contributed by atoms with E-state index in [0.29, 0.717) is 13.0 Å². The van der Waals surface area contributed by atoms with Crippen molar-refractivity contribution < 1.29 is 22.7 Å². The molecule has 1 unspecified atom stereocenters. The Balaban J connectivity index is 2.75. The molecule has 0 radical (unpaired) electrons. The van der Waals surface area contributed by atoms with Gasteiger partial charge in [-0.25, -0.2) is 13.2 Å². The molecule has 0 aromatic rings. The Kier molecular flexibility index (Phi) is 5.30. The van der Waals surface area contributed by atoms with E-state index in [2.05, 4.69) is 4.74 Å². The maximum Gasteiger partial charge on any atom is 0.328 e. The summed E-state index contributed by atoms with van der Waals surface area (Å²) in [6.45, 7) is 0.197. The third-order valence-electron chi connectivity index (χ3n) is 3.22. The Bertz CT molecular complexity index is 448. The second-order valence-corrected chi connectivity index (χ2v) is 6.73. The summed E-state index contributed by atoms with van der Waals surface area (Å²) in [5.41, 5.74) is 0. The van der Waals surface area contributed by atoms with Gasteiger partial charge in [-0.05, 0) is 19.3 Å². The first-order chi connectivity index (χ1) is 8.77. The molecule has 1 saturated heterocycles. The summed E-state index contributed by atoms with van der Waals surface area (Å²) < 4.78 is 28.2. The molecule has 1 aliphatic heterocycles. The predicted molar refractivity (Wildman–Crippen MR) is 68.8 cm³/mol. The molecule has 1 amide bonds. The standard InChI is InChI=1S/C11H20N2O5S/c1-12(19(3,16)17)8-10(14)13-7-5-4-6-9(13)11(15)18-2/h9H,4-8H2,1-3H3. The minimum Gasteiger partial charge on any atom is -0.467 e. The first-order valence-electron chi connectivity index (χ1n) is 6.06. The van der Waals surface area contributed by atoms with Crippen molar-refractivity contribution >= 4 is 21.9 Å². The van der Waals surface area contributed by atoms with Crippen LogP contribution < -0.4 is 0 Å². The number of hydrogen-bond acceptors (Lipinski definition) is 5. The lowest BCUT2D eigenvalue weighted by Gasteiger charge is -2.34. The topological polar surface area (TPSA) is 84.0 Å². The molecule has 0 saturated carbocycles. The van der Waals surface area contributed by atoms with E-state index in [1.54, 1.807) is 0 Å². The highest BCUT2D eigenvalue weighted by atomic mass is 32.2. The monoisotopic (exact) mass is 292 g/mol. The van der Waals surface area contributed by atoms with E-state index in [9.17, 15) is 18.0 Å². The normalized spacial score (nSPS) is 20.4. The molecule has 7 nitrogen and oxygen atoms in total. The number of nitrogens with zero attached hydrogens (tertiary/aromatic N) is 2. The molecule has 8 heteroatoms. The molecule has 19 heavy (non-hydrogen) atoms. The Hall–Kier alpha value is -1.15. The van der Waals surface area contributed by atoms with Gasteiger partial charge < -0.3 is 9.64 Å². The fourth-order valence-corrected chi connectivity index (χ4v) is 2.35. The largest absolute Gasteiger partial charge is 0.467 e. The van der Waals surface area contributed by atoms with Crippen LogP contribution in [-0.4, -0.2) is 69.0 Å². The molecule has 0 aromatic carbocycles. The van der Waals surface area contributed by atoms with Crippen molar-refractivity contribution in [3.63, 3.8) is 0 Å².